The molecule has 1 saturated carbocycles. The lowest BCUT2D eigenvalue weighted by Gasteiger charge is -2.22. The molecule has 1 aliphatic carbocycles. The van der Waals surface area contributed by atoms with Gasteiger partial charge in [-0.3, -0.25) is 4.79 Å². The number of aryl methyl sites for hydroxylation is 1. The summed E-state index contributed by atoms with van der Waals surface area (Å²) in [6.07, 6.45) is 6.38. The molecule has 1 atom stereocenters. The number of rotatable bonds is 9. The fourth-order valence-electron chi connectivity index (χ4n) is 3.26. The van der Waals surface area contributed by atoms with Crippen LogP contribution < -0.4 is 15.4 Å². The maximum Gasteiger partial charge on any atom is 0.240 e. The van der Waals surface area contributed by atoms with Crippen LogP contribution in [0.2, 0.25) is 0 Å². The van der Waals surface area contributed by atoms with E-state index in [4.69, 9.17) is 0 Å². The van der Waals surface area contributed by atoms with Crippen molar-refractivity contribution >= 4 is 15.9 Å². The minimum absolute atomic E-state index is 0.0564. The number of piperidine rings is 1. The second-order valence-electron chi connectivity index (χ2n) is 7.39. The molecule has 7 heteroatoms. The van der Waals surface area contributed by atoms with E-state index in [2.05, 4.69) is 15.4 Å². The first-order valence-corrected chi connectivity index (χ1v) is 11.1. The zero-order chi connectivity index (χ0) is 18.4. The highest BCUT2D eigenvalue weighted by Gasteiger charge is 2.27. The maximum absolute atomic E-state index is 12.1. The zero-order valence-electron chi connectivity index (χ0n) is 15.2. The Morgan fingerprint density at radius 1 is 1.15 bits per heavy atom. The van der Waals surface area contributed by atoms with Gasteiger partial charge in [0.1, 0.15) is 0 Å². The molecule has 26 heavy (non-hydrogen) atoms. The van der Waals surface area contributed by atoms with Gasteiger partial charge in [0.25, 0.3) is 0 Å². The summed E-state index contributed by atoms with van der Waals surface area (Å²) >= 11 is 0. The van der Waals surface area contributed by atoms with Crippen molar-refractivity contribution in [2.75, 3.05) is 19.6 Å². The van der Waals surface area contributed by atoms with Gasteiger partial charge in [0.15, 0.2) is 0 Å². The molecule has 3 rings (SSSR count). The summed E-state index contributed by atoms with van der Waals surface area (Å²) in [5.41, 5.74) is 0.974. The number of carbonyl (C=O) groups is 1. The van der Waals surface area contributed by atoms with E-state index in [0.29, 0.717) is 23.7 Å². The van der Waals surface area contributed by atoms with Crippen LogP contribution in [0.4, 0.5) is 0 Å². The van der Waals surface area contributed by atoms with Gasteiger partial charge in [-0.05, 0) is 75.2 Å². The van der Waals surface area contributed by atoms with Gasteiger partial charge in [-0.2, -0.15) is 0 Å². The Hall–Kier alpha value is -1.44. The van der Waals surface area contributed by atoms with Gasteiger partial charge in [-0.15, -0.1) is 0 Å². The van der Waals surface area contributed by atoms with Crippen LogP contribution in [0.15, 0.2) is 29.2 Å². The van der Waals surface area contributed by atoms with Gasteiger partial charge >= 0.3 is 0 Å². The van der Waals surface area contributed by atoms with Crippen LogP contribution in [0, 0.1) is 5.92 Å². The summed E-state index contributed by atoms with van der Waals surface area (Å²) in [5, 5.41) is 6.38. The molecule has 1 unspecified atom stereocenters. The molecule has 144 valence electrons. The van der Waals surface area contributed by atoms with Gasteiger partial charge in [0.05, 0.1) is 4.90 Å². The summed E-state index contributed by atoms with van der Waals surface area (Å²) < 4.78 is 26.9. The Kier molecular flexibility index (Phi) is 6.67. The third-order valence-electron chi connectivity index (χ3n) is 5.05. The Morgan fingerprint density at radius 2 is 1.92 bits per heavy atom. The van der Waals surface area contributed by atoms with Crippen molar-refractivity contribution < 1.29 is 13.2 Å². The minimum atomic E-state index is -3.40. The van der Waals surface area contributed by atoms with Crippen LogP contribution in [-0.2, 0) is 21.2 Å². The van der Waals surface area contributed by atoms with Crippen molar-refractivity contribution in [3.63, 3.8) is 0 Å². The first kappa shape index (κ1) is 19.3. The summed E-state index contributed by atoms with van der Waals surface area (Å²) in [6.45, 7) is 2.90. The molecule has 0 aromatic heterocycles. The van der Waals surface area contributed by atoms with Crippen LogP contribution in [0.3, 0.4) is 0 Å². The summed E-state index contributed by atoms with van der Waals surface area (Å²) in [4.78, 5) is 12.3. The lowest BCUT2D eigenvalue weighted by atomic mass is 9.96. The summed E-state index contributed by atoms with van der Waals surface area (Å²) in [7, 11) is -3.40. The molecular weight excluding hydrogens is 350 g/mol. The largest absolute Gasteiger partial charge is 0.356 e. The first-order valence-electron chi connectivity index (χ1n) is 9.61. The van der Waals surface area contributed by atoms with Crippen molar-refractivity contribution in [2.45, 2.75) is 55.9 Å². The Bertz CT molecular complexity index is 693. The second kappa shape index (κ2) is 8.97. The molecule has 2 fully saturated rings. The molecule has 6 nitrogen and oxygen atoms in total. The monoisotopic (exact) mass is 379 g/mol. The molecule has 3 N–H and O–H groups in total. The number of amides is 1. The predicted molar refractivity (Wildman–Crippen MR) is 101 cm³/mol. The van der Waals surface area contributed by atoms with E-state index >= 15 is 0 Å². The third-order valence-corrected chi connectivity index (χ3v) is 6.58. The van der Waals surface area contributed by atoms with E-state index in [-0.39, 0.29) is 11.9 Å². The number of hydrogen-bond acceptors (Lipinski definition) is 4. The molecule has 2 aliphatic rings. The average Bonchev–Trinajstić information content (AvgIpc) is 3.44. The van der Waals surface area contributed by atoms with E-state index in [9.17, 15) is 13.2 Å². The van der Waals surface area contributed by atoms with Gasteiger partial charge in [0, 0.05) is 19.0 Å². The van der Waals surface area contributed by atoms with Gasteiger partial charge < -0.3 is 10.6 Å². The molecule has 0 spiro atoms. The van der Waals surface area contributed by atoms with Gasteiger partial charge in [-0.1, -0.05) is 12.1 Å². The number of sulfonamides is 1. The normalized spacial score (nSPS) is 20.7. The van der Waals surface area contributed by atoms with Crippen LogP contribution in [0.25, 0.3) is 0 Å². The number of benzene rings is 1. The fourth-order valence-corrected chi connectivity index (χ4v) is 4.56. The molecule has 1 aromatic rings. The lowest BCUT2D eigenvalue weighted by molar-refractivity contribution is -0.121. The molecule has 1 amide bonds. The molecule has 1 aliphatic heterocycles. The molecule has 0 bridgehead atoms. The van der Waals surface area contributed by atoms with E-state index in [1.54, 1.807) is 24.3 Å². The van der Waals surface area contributed by atoms with E-state index in [1.165, 1.54) is 12.8 Å². The maximum atomic E-state index is 12.1. The Morgan fingerprint density at radius 3 is 2.58 bits per heavy atom. The topological polar surface area (TPSA) is 87.3 Å². The minimum Gasteiger partial charge on any atom is -0.356 e. The lowest BCUT2D eigenvalue weighted by Crippen LogP contribution is -2.33. The van der Waals surface area contributed by atoms with Crippen molar-refractivity contribution in [3.8, 4) is 0 Å². The highest BCUT2D eigenvalue weighted by molar-refractivity contribution is 7.89. The second-order valence-corrected chi connectivity index (χ2v) is 9.10. The van der Waals surface area contributed by atoms with Crippen molar-refractivity contribution in [3.05, 3.63) is 29.8 Å². The van der Waals surface area contributed by atoms with Crippen LogP contribution in [-0.4, -0.2) is 40.0 Å². The predicted octanol–water partition coefficient (Wildman–Crippen LogP) is 1.57. The van der Waals surface area contributed by atoms with Gasteiger partial charge in [0.2, 0.25) is 15.9 Å². The van der Waals surface area contributed by atoms with Gasteiger partial charge in [-0.25, -0.2) is 13.1 Å². The van der Waals surface area contributed by atoms with Crippen molar-refractivity contribution in [2.24, 2.45) is 5.92 Å². The van der Waals surface area contributed by atoms with E-state index in [0.717, 1.165) is 44.5 Å². The van der Waals surface area contributed by atoms with E-state index in [1.807, 2.05) is 0 Å². The zero-order valence-corrected chi connectivity index (χ0v) is 16.0. The number of carbonyl (C=O) groups excluding carboxylic acids is 1. The molecule has 1 saturated heterocycles. The van der Waals surface area contributed by atoms with Crippen LogP contribution >= 0.6 is 0 Å². The Labute approximate surface area is 156 Å². The SMILES string of the molecule is O=C(CCc1ccc(S(=O)(=O)NC2CC2)cc1)NCCC1CCCNC1. The number of nitrogens with one attached hydrogen (secondary N) is 3. The smallest absolute Gasteiger partial charge is 0.240 e. The van der Waals surface area contributed by atoms with Crippen LogP contribution in [0.1, 0.15) is 44.1 Å². The quantitative estimate of drug-likeness (QED) is 0.608. The van der Waals surface area contributed by atoms with Crippen molar-refractivity contribution in [1.29, 1.82) is 0 Å². The highest BCUT2D eigenvalue weighted by atomic mass is 32.2. The fraction of sp³-hybridized carbons (Fsp3) is 0.632. The molecule has 1 heterocycles. The first-order chi connectivity index (χ1) is 12.5. The van der Waals surface area contributed by atoms with E-state index < -0.39 is 10.0 Å². The summed E-state index contributed by atoms with van der Waals surface area (Å²) in [6, 6.07) is 6.93. The average molecular weight is 380 g/mol. The molecule has 0 radical (unpaired) electrons. The molecule has 1 aromatic carbocycles. The number of hydrogen-bond donors (Lipinski definition) is 3. The van der Waals surface area contributed by atoms with Crippen molar-refractivity contribution in [1.82, 2.24) is 15.4 Å². The third kappa shape index (κ3) is 6.07. The highest BCUT2D eigenvalue weighted by Crippen LogP contribution is 2.22. The standard InChI is InChI=1S/C19H29N3O3S/c23-19(21-13-11-16-2-1-12-20-14-16)10-5-15-3-8-18(9-4-15)26(24,25)22-17-6-7-17/h3-4,8-9,16-17,20,22H,1-2,5-7,10-14H2,(H,21,23). The van der Waals surface area contributed by atoms with Crippen LogP contribution in [0.5, 0.6) is 0 Å². The summed E-state index contributed by atoms with van der Waals surface area (Å²) in [5.74, 6) is 0.726. The molecular formula is C19H29N3O3S. The Balaban J connectivity index is 1.37.